The Bertz CT molecular complexity index is 348. The first-order valence-corrected chi connectivity index (χ1v) is 6.97. The molecule has 1 N–H and O–H groups in total. The van der Waals surface area contributed by atoms with Gasteiger partial charge >= 0.3 is 0 Å². The van der Waals surface area contributed by atoms with Crippen LogP contribution in [0.3, 0.4) is 0 Å². The van der Waals surface area contributed by atoms with E-state index in [4.69, 9.17) is 4.74 Å². The minimum Gasteiger partial charge on any atom is -0.379 e. The van der Waals surface area contributed by atoms with Crippen LogP contribution in [-0.2, 0) is 17.7 Å². The van der Waals surface area contributed by atoms with Crippen LogP contribution in [0.1, 0.15) is 18.1 Å². The van der Waals surface area contributed by atoms with Crippen molar-refractivity contribution < 1.29 is 4.74 Å². The third kappa shape index (κ3) is 4.09. The predicted octanol–water partition coefficient (Wildman–Crippen LogP) is 1.67. The lowest BCUT2D eigenvalue weighted by Crippen LogP contribution is -2.36. The summed E-state index contributed by atoms with van der Waals surface area (Å²) in [5.41, 5.74) is 2.95. The number of rotatable bonds is 6. The molecule has 2 rings (SSSR count). The maximum atomic E-state index is 5.40. The summed E-state index contributed by atoms with van der Waals surface area (Å²) in [4.78, 5) is 2.48. The van der Waals surface area contributed by atoms with Gasteiger partial charge in [-0.3, -0.25) is 4.90 Å². The van der Waals surface area contributed by atoms with Crippen molar-refractivity contribution in [2.45, 2.75) is 19.9 Å². The van der Waals surface area contributed by atoms with Gasteiger partial charge in [-0.15, -0.1) is 0 Å². The fourth-order valence-corrected chi connectivity index (χ4v) is 2.36. The summed E-state index contributed by atoms with van der Waals surface area (Å²) in [5.74, 6) is 0. The average Bonchev–Trinajstić information content (AvgIpc) is 2.42. The van der Waals surface area contributed by atoms with E-state index in [0.29, 0.717) is 0 Å². The van der Waals surface area contributed by atoms with Crippen molar-refractivity contribution in [3.8, 4) is 0 Å². The van der Waals surface area contributed by atoms with Crippen molar-refractivity contribution >= 4 is 0 Å². The van der Waals surface area contributed by atoms with E-state index < -0.39 is 0 Å². The van der Waals surface area contributed by atoms with Gasteiger partial charge in [-0.25, -0.2) is 0 Å². The minimum absolute atomic E-state index is 0.875. The summed E-state index contributed by atoms with van der Waals surface area (Å²) < 4.78 is 5.40. The van der Waals surface area contributed by atoms with Crippen molar-refractivity contribution in [3.05, 3.63) is 35.4 Å². The van der Waals surface area contributed by atoms with Crippen LogP contribution < -0.4 is 5.32 Å². The average molecular weight is 248 g/mol. The summed E-state index contributed by atoms with van der Waals surface area (Å²) >= 11 is 0. The predicted molar refractivity (Wildman–Crippen MR) is 74.8 cm³/mol. The number of morpholine rings is 1. The summed E-state index contributed by atoms with van der Waals surface area (Å²) in [7, 11) is 0. The van der Waals surface area contributed by atoms with Crippen molar-refractivity contribution in [2.75, 3.05) is 39.4 Å². The molecule has 1 fully saturated rings. The Hall–Kier alpha value is -0.900. The lowest BCUT2D eigenvalue weighted by molar-refractivity contribution is 0.0341. The zero-order valence-corrected chi connectivity index (χ0v) is 11.3. The highest BCUT2D eigenvalue weighted by Gasteiger charge is 2.12. The van der Waals surface area contributed by atoms with Crippen molar-refractivity contribution in [3.63, 3.8) is 0 Å². The molecule has 1 aliphatic rings. The Morgan fingerprint density at radius 1 is 1.17 bits per heavy atom. The van der Waals surface area contributed by atoms with Crippen LogP contribution in [0.15, 0.2) is 24.3 Å². The lowest BCUT2D eigenvalue weighted by atomic mass is 10.0. The molecule has 3 heteroatoms. The Morgan fingerprint density at radius 3 is 2.61 bits per heavy atom. The zero-order chi connectivity index (χ0) is 12.6. The summed E-state index contributed by atoms with van der Waals surface area (Å²) in [6, 6.07) is 8.81. The molecular weight excluding hydrogens is 224 g/mol. The van der Waals surface area contributed by atoms with Gasteiger partial charge in [0.15, 0.2) is 0 Å². The quantitative estimate of drug-likeness (QED) is 0.775. The Labute approximate surface area is 110 Å². The van der Waals surface area contributed by atoms with E-state index in [1.54, 1.807) is 0 Å². The number of benzene rings is 1. The van der Waals surface area contributed by atoms with Gasteiger partial charge in [0.25, 0.3) is 0 Å². The molecule has 0 unspecified atom stereocenters. The number of hydrogen-bond acceptors (Lipinski definition) is 3. The van der Waals surface area contributed by atoms with Gasteiger partial charge in [-0.05, 0) is 30.6 Å². The van der Waals surface area contributed by atoms with Gasteiger partial charge in [0.2, 0.25) is 0 Å². The van der Waals surface area contributed by atoms with E-state index in [-0.39, 0.29) is 0 Å². The second kappa shape index (κ2) is 7.52. The maximum absolute atomic E-state index is 5.40. The van der Waals surface area contributed by atoms with Crippen molar-refractivity contribution in [2.24, 2.45) is 0 Å². The molecule has 3 nitrogen and oxygen atoms in total. The van der Waals surface area contributed by atoms with Crippen molar-refractivity contribution in [1.29, 1.82) is 0 Å². The van der Waals surface area contributed by atoms with E-state index in [9.17, 15) is 0 Å². The second-order valence-corrected chi connectivity index (χ2v) is 4.76. The molecular formula is C15H24N2O. The summed E-state index contributed by atoms with van der Waals surface area (Å²) in [6.07, 6.45) is 1.12. The number of nitrogens with zero attached hydrogens (tertiary/aromatic N) is 1. The summed E-state index contributed by atoms with van der Waals surface area (Å²) in [6.45, 7) is 9.19. The van der Waals surface area contributed by atoms with E-state index >= 15 is 0 Å². The molecule has 0 spiro atoms. The van der Waals surface area contributed by atoms with Crippen LogP contribution in [-0.4, -0.2) is 44.3 Å². The molecule has 18 heavy (non-hydrogen) atoms. The summed E-state index contributed by atoms with van der Waals surface area (Å²) in [5, 5.41) is 3.39. The Balaban J connectivity index is 1.93. The van der Waals surface area contributed by atoms with Crippen LogP contribution >= 0.6 is 0 Å². The minimum atomic E-state index is 0.875. The second-order valence-electron chi connectivity index (χ2n) is 4.76. The molecule has 1 aromatic carbocycles. The molecule has 1 heterocycles. The van der Waals surface area contributed by atoms with Crippen molar-refractivity contribution in [1.82, 2.24) is 10.2 Å². The number of nitrogens with one attached hydrogen (secondary N) is 1. The first kappa shape index (κ1) is 13.5. The lowest BCUT2D eigenvalue weighted by Gasteiger charge is -2.27. The van der Waals surface area contributed by atoms with Gasteiger partial charge in [-0.1, -0.05) is 31.2 Å². The van der Waals surface area contributed by atoms with Gasteiger partial charge < -0.3 is 10.1 Å². The van der Waals surface area contributed by atoms with E-state index in [1.807, 2.05) is 0 Å². The third-order valence-corrected chi connectivity index (χ3v) is 3.44. The fourth-order valence-electron chi connectivity index (χ4n) is 2.36. The molecule has 0 aliphatic carbocycles. The largest absolute Gasteiger partial charge is 0.379 e. The van der Waals surface area contributed by atoms with Gasteiger partial charge in [0.1, 0.15) is 0 Å². The number of ether oxygens (including phenoxy) is 1. The molecule has 1 aliphatic heterocycles. The maximum Gasteiger partial charge on any atom is 0.0594 e. The highest BCUT2D eigenvalue weighted by Crippen LogP contribution is 2.13. The molecule has 1 saturated heterocycles. The van der Waals surface area contributed by atoms with Gasteiger partial charge in [-0.2, -0.15) is 0 Å². The molecule has 1 aromatic rings. The number of likely N-dealkylation sites (N-methyl/N-ethyl adjacent to an activating group) is 1. The molecule has 0 atom stereocenters. The number of hydrogen-bond donors (Lipinski definition) is 1. The van der Waals surface area contributed by atoms with Gasteiger partial charge in [0.05, 0.1) is 13.2 Å². The molecule has 0 bridgehead atoms. The van der Waals surface area contributed by atoms with Crippen LogP contribution in [0.25, 0.3) is 0 Å². The first-order chi connectivity index (χ1) is 8.90. The molecule has 0 saturated carbocycles. The zero-order valence-electron chi connectivity index (χ0n) is 11.3. The SMILES string of the molecule is CCNCCc1ccccc1CN1CCOCC1. The highest BCUT2D eigenvalue weighted by atomic mass is 16.5. The Morgan fingerprint density at radius 2 is 1.89 bits per heavy atom. The Kier molecular flexibility index (Phi) is 5.65. The van der Waals surface area contributed by atoms with Crippen LogP contribution in [0, 0.1) is 0 Å². The smallest absolute Gasteiger partial charge is 0.0594 e. The van der Waals surface area contributed by atoms with Crippen LogP contribution in [0.4, 0.5) is 0 Å². The molecule has 0 aromatic heterocycles. The van der Waals surface area contributed by atoms with E-state index in [2.05, 4.69) is 41.4 Å². The first-order valence-electron chi connectivity index (χ1n) is 6.97. The normalized spacial score (nSPS) is 16.9. The van der Waals surface area contributed by atoms with E-state index in [0.717, 1.165) is 52.4 Å². The molecule has 0 radical (unpaired) electrons. The fraction of sp³-hybridized carbons (Fsp3) is 0.600. The third-order valence-electron chi connectivity index (χ3n) is 3.44. The molecule has 100 valence electrons. The van der Waals surface area contributed by atoms with E-state index in [1.165, 1.54) is 11.1 Å². The monoisotopic (exact) mass is 248 g/mol. The topological polar surface area (TPSA) is 24.5 Å². The highest BCUT2D eigenvalue weighted by molar-refractivity contribution is 5.27. The molecule has 0 amide bonds. The standard InChI is InChI=1S/C15H24N2O/c1-2-16-8-7-14-5-3-4-6-15(14)13-17-9-11-18-12-10-17/h3-6,16H,2,7-13H2,1H3. The van der Waals surface area contributed by atoms with Crippen LogP contribution in [0.5, 0.6) is 0 Å². The van der Waals surface area contributed by atoms with Gasteiger partial charge in [0, 0.05) is 19.6 Å². The van der Waals surface area contributed by atoms with Crippen LogP contribution in [0.2, 0.25) is 0 Å².